The van der Waals surface area contributed by atoms with Crippen molar-refractivity contribution >= 4 is 11.8 Å². The van der Waals surface area contributed by atoms with Gasteiger partial charge in [-0.1, -0.05) is 12.1 Å². The van der Waals surface area contributed by atoms with Crippen molar-refractivity contribution in [3.8, 4) is 0 Å². The van der Waals surface area contributed by atoms with E-state index >= 15 is 0 Å². The lowest BCUT2D eigenvalue weighted by Crippen LogP contribution is -2.48. The molecule has 2 aromatic carbocycles. The number of nitrogens with zero attached hydrogens (tertiary/aromatic N) is 2. The summed E-state index contributed by atoms with van der Waals surface area (Å²) in [7, 11) is 0. The first kappa shape index (κ1) is 31.2. The first-order valence-corrected chi connectivity index (χ1v) is 13.9. The third kappa shape index (κ3) is 6.52. The lowest BCUT2D eigenvalue weighted by Gasteiger charge is -2.37. The molecule has 5 rings (SSSR count). The number of carbonyl (C=O) groups is 2. The standard InChI is InChI=1S/C30H31F7N2O4/c1-16(18-9-20(29(32,33)34)13-21(10-18)30(35,36)37)43-24-14-39-23(26(24)17-3-5-22(31)6-4-17)11-19(12-25(39)40)27(41)38-8-7-28(2,42)15-38/h3-6,9-10,13,16,19,23-24,26,42H,7-8,11-12,14-15H2,1-2H3/t16-,19?,23+,24+,26+,28?/m1/s1. The van der Waals surface area contributed by atoms with Crippen LogP contribution in [0.25, 0.3) is 0 Å². The quantitative estimate of drug-likeness (QED) is 0.438. The highest BCUT2D eigenvalue weighted by Crippen LogP contribution is 2.45. The van der Waals surface area contributed by atoms with E-state index in [2.05, 4.69) is 0 Å². The highest BCUT2D eigenvalue weighted by molar-refractivity contribution is 5.88. The van der Waals surface area contributed by atoms with E-state index in [1.807, 2.05) is 0 Å². The number of fused-ring (bicyclic) bond motifs is 1. The van der Waals surface area contributed by atoms with Crippen molar-refractivity contribution in [2.45, 2.75) is 75.2 Å². The number of piperidine rings is 1. The van der Waals surface area contributed by atoms with Crippen molar-refractivity contribution in [2.24, 2.45) is 5.92 Å². The Morgan fingerprint density at radius 1 is 1.05 bits per heavy atom. The first-order chi connectivity index (χ1) is 19.9. The summed E-state index contributed by atoms with van der Waals surface area (Å²) >= 11 is 0. The minimum absolute atomic E-state index is 0.0136. The van der Waals surface area contributed by atoms with Crippen molar-refractivity contribution in [3.05, 3.63) is 70.5 Å². The van der Waals surface area contributed by atoms with Crippen molar-refractivity contribution in [2.75, 3.05) is 19.6 Å². The molecule has 0 saturated carbocycles. The molecule has 234 valence electrons. The van der Waals surface area contributed by atoms with Crippen LogP contribution in [-0.2, 0) is 26.7 Å². The summed E-state index contributed by atoms with van der Waals surface area (Å²) in [4.78, 5) is 29.7. The first-order valence-electron chi connectivity index (χ1n) is 13.9. The lowest BCUT2D eigenvalue weighted by molar-refractivity contribution is -0.146. The van der Waals surface area contributed by atoms with Gasteiger partial charge in [0.15, 0.2) is 0 Å². The maximum absolute atomic E-state index is 13.8. The van der Waals surface area contributed by atoms with E-state index in [1.54, 1.807) is 6.92 Å². The normalized spacial score (nSPS) is 28.7. The molecule has 13 heteroatoms. The maximum atomic E-state index is 13.8. The van der Waals surface area contributed by atoms with Crippen LogP contribution >= 0.6 is 0 Å². The fraction of sp³-hybridized carbons (Fsp3) is 0.533. The Bertz CT molecular complexity index is 1340. The van der Waals surface area contributed by atoms with Gasteiger partial charge in [-0.15, -0.1) is 0 Å². The number of halogens is 7. The van der Waals surface area contributed by atoms with Gasteiger partial charge in [-0.2, -0.15) is 26.3 Å². The van der Waals surface area contributed by atoms with Crippen LogP contribution in [0.2, 0.25) is 0 Å². The zero-order valence-electron chi connectivity index (χ0n) is 23.4. The number of aliphatic hydroxyl groups is 1. The van der Waals surface area contributed by atoms with Crippen LogP contribution in [0.4, 0.5) is 30.7 Å². The summed E-state index contributed by atoms with van der Waals surface area (Å²) in [6, 6.07) is 6.08. The molecular weight excluding hydrogens is 585 g/mol. The Morgan fingerprint density at radius 3 is 2.19 bits per heavy atom. The molecule has 3 aliphatic rings. The van der Waals surface area contributed by atoms with Crippen molar-refractivity contribution in [3.63, 3.8) is 0 Å². The number of β-amino-alcohol motifs (C(OH)–C–C–N with tert-alkyl or cyclic N) is 1. The van der Waals surface area contributed by atoms with Crippen LogP contribution in [0.3, 0.4) is 0 Å². The van der Waals surface area contributed by atoms with Crippen LogP contribution in [0.1, 0.15) is 67.4 Å². The molecule has 3 aliphatic heterocycles. The molecule has 2 aromatic rings. The van der Waals surface area contributed by atoms with Gasteiger partial charge in [-0.3, -0.25) is 9.59 Å². The Balaban J connectivity index is 1.45. The Labute approximate surface area is 243 Å². The number of carbonyl (C=O) groups excluding carboxylic acids is 2. The molecule has 6 atom stereocenters. The van der Waals surface area contributed by atoms with Crippen LogP contribution in [-0.4, -0.2) is 64.1 Å². The Kier molecular flexibility index (Phi) is 8.04. The fourth-order valence-corrected chi connectivity index (χ4v) is 6.53. The molecular formula is C30H31F7N2O4. The van der Waals surface area contributed by atoms with Gasteiger partial charge in [-0.25, -0.2) is 4.39 Å². The third-order valence-corrected chi connectivity index (χ3v) is 8.69. The van der Waals surface area contributed by atoms with Gasteiger partial charge in [0.25, 0.3) is 0 Å². The molecule has 0 spiro atoms. The van der Waals surface area contributed by atoms with Crippen LogP contribution in [0.5, 0.6) is 0 Å². The van der Waals surface area contributed by atoms with Gasteiger partial charge in [0.1, 0.15) is 5.82 Å². The zero-order chi connectivity index (χ0) is 31.5. The van der Waals surface area contributed by atoms with Gasteiger partial charge in [-0.05, 0) is 68.1 Å². The SMILES string of the molecule is C[C@@H](O[C@H]1CN2C(=O)CC(C(=O)N3CCC(C)(O)C3)C[C@H]2[C@@H]1c1ccc(F)cc1)c1cc(C(F)(F)F)cc(C(F)(F)F)c1. The number of amides is 2. The predicted octanol–water partition coefficient (Wildman–Crippen LogP) is 5.70. The van der Waals surface area contributed by atoms with Gasteiger partial charge in [0, 0.05) is 43.9 Å². The van der Waals surface area contributed by atoms with Gasteiger partial charge >= 0.3 is 12.4 Å². The molecule has 2 unspecified atom stereocenters. The van der Waals surface area contributed by atoms with Gasteiger partial charge < -0.3 is 19.6 Å². The molecule has 0 radical (unpaired) electrons. The van der Waals surface area contributed by atoms with Gasteiger partial charge in [0.05, 0.1) is 28.9 Å². The lowest BCUT2D eigenvalue weighted by atomic mass is 9.81. The third-order valence-electron chi connectivity index (χ3n) is 8.69. The molecule has 6 nitrogen and oxygen atoms in total. The number of hydrogen-bond donors (Lipinski definition) is 1. The van der Waals surface area contributed by atoms with Gasteiger partial charge in [0.2, 0.25) is 11.8 Å². The van der Waals surface area contributed by atoms with Crippen molar-refractivity contribution in [1.82, 2.24) is 9.80 Å². The van der Waals surface area contributed by atoms with E-state index in [9.17, 15) is 45.4 Å². The predicted molar refractivity (Wildman–Crippen MR) is 139 cm³/mol. The van der Waals surface area contributed by atoms with E-state index in [1.165, 1.54) is 41.0 Å². The molecule has 1 N–H and O–H groups in total. The fourth-order valence-electron chi connectivity index (χ4n) is 6.53. The molecule has 3 heterocycles. The monoisotopic (exact) mass is 616 g/mol. The van der Waals surface area contributed by atoms with E-state index in [0.29, 0.717) is 30.7 Å². The maximum Gasteiger partial charge on any atom is 0.416 e. The Morgan fingerprint density at radius 2 is 1.65 bits per heavy atom. The van der Waals surface area contributed by atoms with Crippen molar-refractivity contribution < 1.29 is 50.2 Å². The highest BCUT2D eigenvalue weighted by atomic mass is 19.4. The number of rotatable bonds is 5. The number of benzene rings is 2. The van der Waals surface area contributed by atoms with E-state index in [4.69, 9.17) is 4.74 Å². The smallest absolute Gasteiger partial charge is 0.388 e. The zero-order valence-corrected chi connectivity index (χ0v) is 23.4. The molecule has 43 heavy (non-hydrogen) atoms. The topological polar surface area (TPSA) is 70.1 Å². The van der Waals surface area contributed by atoms with Crippen LogP contribution in [0.15, 0.2) is 42.5 Å². The van der Waals surface area contributed by atoms with Crippen molar-refractivity contribution in [1.29, 1.82) is 0 Å². The second-order valence-electron chi connectivity index (χ2n) is 12.0. The molecule has 2 amide bonds. The second-order valence-corrected chi connectivity index (χ2v) is 12.0. The molecule has 0 aliphatic carbocycles. The molecule has 0 bridgehead atoms. The molecule has 3 fully saturated rings. The number of ether oxygens (including phenoxy) is 1. The summed E-state index contributed by atoms with van der Waals surface area (Å²) in [6.45, 7) is 3.42. The number of likely N-dealkylation sites (tertiary alicyclic amines) is 1. The Hall–Kier alpha value is -3.19. The van der Waals surface area contributed by atoms with Crippen LogP contribution in [0, 0.1) is 11.7 Å². The summed E-state index contributed by atoms with van der Waals surface area (Å²) in [6.07, 6.45) is -11.6. The summed E-state index contributed by atoms with van der Waals surface area (Å²) in [5.41, 5.74) is -3.76. The van der Waals surface area contributed by atoms with Crippen LogP contribution < -0.4 is 0 Å². The number of hydrogen-bond acceptors (Lipinski definition) is 4. The van der Waals surface area contributed by atoms with E-state index < -0.39 is 65.0 Å². The summed E-state index contributed by atoms with van der Waals surface area (Å²) < 4.78 is 101. The van der Waals surface area contributed by atoms with E-state index in [0.717, 1.165) is 0 Å². The minimum atomic E-state index is -5.03. The van der Waals surface area contributed by atoms with E-state index in [-0.39, 0.29) is 49.4 Å². The minimum Gasteiger partial charge on any atom is -0.388 e. The average molecular weight is 617 g/mol. The number of alkyl halides is 6. The second kappa shape index (κ2) is 11.1. The molecule has 0 aromatic heterocycles. The largest absolute Gasteiger partial charge is 0.416 e. The highest BCUT2D eigenvalue weighted by Gasteiger charge is 2.51. The summed E-state index contributed by atoms with van der Waals surface area (Å²) in [5, 5.41) is 10.3. The average Bonchev–Trinajstić information content (AvgIpc) is 3.47. The molecule has 3 saturated heterocycles. The summed E-state index contributed by atoms with van der Waals surface area (Å²) in [5.74, 6) is -2.48.